The first-order valence-electron chi connectivity index (χ1n) is 9.98. The predicted octanol–water partition coefficient (Wildman–Crippen LogP) is 5.50. The van der Waals surface area contributed by atoms with Gasteiger partial charge in [-0.3, -0.25) is 9.52 Å². The summed E-state index contributed by atoms with van der Waals surface area (Å²) in [6, 6.07) is 19.0. The van der Waals surface area contributed by atoms with Crippen LogP contribution in [0.2, 0.25) is 5.02 Å². The minimum atomic E-state index is -3.97. The Balaban J connectivity index is 1.81. The molecule has 5 nitrogen and oxygen atoms in total. The molecule has 0 unspecified atom stereocenters. The SMILES string of the molecule is CCc1ccc([C@H](C)NC(=O)c2ccc(Cl)c(S(=O)(=O)Nc3cccc(C)c3)c2)cc1. The monoisotopic (exact) mass is 456 g/mol. The van der Waals surface area contributed by atoms with Gasteiger partial charge in [-0.1, -0.05) is 54.9 Å². The molecular weight excluding hydrogens is 432 g/mol. The first-order chi connectivity index (χ1) is 14.7. The second-order valence-corrected chi connectivity index (χ2v) is 9.47. The number of anilines is 1. The van der Waals surface area contributed by atoms with Crippen LogP contribution >= 0.6 is 11.6 Å². The van der Waals surface area contributed by atoms with E-state index in [1.807, 2.05) is 44.2 Å². The fourth-order valence-corrected chi connectivity index (χ4v) is 4.75. The Morgan fingerprint density at radius 3 is 2.39 bits per heavy atom. The normalized spacial score (nSPS) is 12.3. The molecule has 31 heavy (non-hydrogen) atoms. The van der Waals surface area contributed by atoms with Crippen molar-refractivity contribution in [1.29, 1.82) is 0 Å². The number of halogens is 1. The van der Waals surface area contributed by atoms with Gasteiger partial charge < -0.3 is 5.32 Å². The topological polar surface area (TPSA) is 75.3 Å². The number of hydrogen-bond donors (Lipinski definition) is 2. The number of carbonyl (C=O) groups excluding carboxylic acids is 1. The third-order valence-electron chi connectivity index (χ3n) is 4.99. The van der Waals surface area contributed by atoms with Gasteiger partial charge in [0.1, 0.15) is 4.90 Å². The van der Waals surface area contributed by atoms with E-state index >= 15 is 0 Å². The van der Waals surface area contributed by atoms with Crippen molar-refractivity contribution >= 4 is 33.2 Å². The van der Waals surface area contributed by atoms with E-state index in [0.29, 0.717) is 5.69 Å². The maximum atomic E-state index is 12.9. The Hall–Kier alpha value is -2.83. The van der Waals surface area contributed by atoms with E-state index < -0.39 is 10.0 Å². The summed E-state index contributed by atoms with van der Waals surface area (Å²) in [4.78, 5) is 12.6. The van der Waals surface area contributed by atoms with Crippen LogP contribution in [0, 0.1) is 6.92 Å². The smallest absolute Gasteiger partial charge is 0.263 e. The minimum Gasteiger partial charge on any atom is -0.346 e. The third kappa shape index (κ3) is 5.66. The molecule has 7 heteroatoms. The Labute approximate surface area is 188 Å². The number of carbonyl (C=O) groups is 1. The van der Waals surface area contributed by atoms with Gasteiger partial charge in [0.05, 0.1) is 11.1 Å². The summed E-state index contributed by atoms with van der Waals surface area (Å²) in [5.41, 5.74) is 3.74. The fraction of sp³-hybridized carbons (Fsp3) is 0.208. The van der Waals surface area contributed by atoms with Gasteiger partial charge >= 0.3 is 0 Å². The Morgan fingerprint density at radius 1 is 1.03 bits per heavy atom. The number of hydrogen-bond acceptors (Lipinski definition) is 3. The van der Waals surface area contributed by atoms with Gasteiger partial charge in [-0.05, 0) is 67.3 Å². The minimum absolute atomic E-state index is 0.0416. The molecule has 3 aromatic carbocycles. The Bertz CT molecular complexity index is 1190. The lowest BCUT2D eigenvalue weighted by Crippen LogP contribution is -2.27. The van der Waals surface area contributed by atoms with E-state index in [0.717, 1.165) is 17.5 Å². The molecule has 0 saturated heterocycles. The van der Waals surface area contributed by atoms with Crippen molar-refractivity contribution < 1.29 is 13.2 Å². The lowest BCUT2D eigenvalue weighted by Gasteiger charge is -2.16. The number of rotatable bonds is 7. The van der Waals surface area contributed by atoms with Crippen LogP contribution in [0.25, 0.3) is 0 Å². The van der Waals surface area contributed by atoms with Crippen molar-refractivity contribution in [2.24, 2.45) is 0 Å². The van der Waals surface area contributed by atoms with Gasteiger partial charge in [-0.15, -0.1) is 0 Å². The summed E-state index contributed by atoms with van der Waals surface area (Å²) in [5, 5.41) is 2.95. The maximum Gasteiger partial charge on any atom is 0.263 e. The van der Waals surface area contributed by atoms with Crippen molar-refractivity contribution in [2.45, 2.75) is 38.1 Å². The van der Waals surface area contributed by atoms with E-state index in [1.54, 1.807) is 18.2 Å². The highest BCUT2D eigenvalue weighted by Crippen LogP contribution is 2.26. The molecule has 0 aliphatic carbocycles. The van der Waals surface area contributed by atoms with Crippen LogP contribution in [0.5, 0.6) is 0 Å². The predicted molar refractivity (Wildman–Crippen MR) is 125 cm³/mol. The van der Waals surface area contributed by atoms with Crippen LogP contribution in [-0.4, -0.2) is 14.3 Å². The lowest BCUT2D eigenvalue weighted by molar-refractivity contribution is 0.0939. The molecule has 1 amide bonds. The lowest BCUT2D eigenvalue weighted by atomic mass is 10.0. The molecule has 0 aliphatic rings. The molecule has 2 N–H and O–H groups in total. The summed E-state index contributed by atoms with van der Waals surface area (Å²) in [7, 11) is -3.97. The highest BCUT2D eigenvalue weighted by Gasteiger charge is 2.21. The first kappa shape index (κ1) is 22.8. The highest BCUT2D eigenvalue weighted by atomic mass is 35.5. The standard InChI is InChI=1S/C24H25ClN2O3S/c1-4-18-8-10-19(11-9-18)17(3)26-24(28)20-12-13-22(25)23(15-20)31(29,30)27-21-7-5-6-16(2)14-21/h5-15,17,27H,4H2,1-3H3,(H,26,28)/t17-/m0/s1. The number of sulfonamides is 1. The number of amides is 1. The fourth-order valence-electron chi connectivity index (χ4n) is 3.17. The van der Waals surface area contributed by atoms with E-state index in [1.165, 1.54) is 23.8 Å². The Morgan fingerprint density at radius 2 is 1.74 bits per heavy atom. The number of nitrogens with one attached hydrogen (secondary N) is 2. The molecule has 1 atom stereocenters. The molecule has 0 heterocycles. The molecule has 0 bridgehead atoms. The summed E-state index contributed by atoms with van der Waals surface area (Å²) < 4.78 is 28.3. The van der Waals surface area contributed by atoms with Crippen molar-refractivity contribution in [3.63, 3.8) is 0 Å². The maximum absolute atomic E-state index is 12.9. The Kier molecular flexibility index (Phi) is 7.03. The average molecular weight is 457 g/mol. The molecule has 0 spiro atoms. The van der Waals surface area contributed by atoms with Gasteiger partial charge in [-0.25, -0.2) is 8.42 Å². The van der Waals surface area contributed by atoms with Gasteiger partial charge in [0.15, 0.2) is 0 Å². The van der Waals surface area contributed by atoms with E-state index in [2.05, 4.69) is 17.0 Å². The van der Waals surface area contributed by atoms with Gasteiger partial charge in [0.25, 0.3) is 15.9 Å². The van der Waals surface area contributed by atoms with Crippen molar-refractivity contribution in [3.8, 4) is 0 Å². The van der Waals surface area contributed by atoms with Crippen molar-refractivity contribution in [1.82, 2.24) is 5.32 Å². The molecule has 3 aromatic rings. The largest absolute Gasteiger partial charge is 0.346 e. The molecule has 3 rings (SSSR count). The average Bonchev–Trinajstić information content (AvgIpc) is 2.73. The van der Waals surface area contributed by atoms with Crippen LogP contribution in [0.4, 0.5) is 5.69 Å². The van der Waals surface area contributed by atoms with Crippen molar-refractivity contribution in [3.05, 3.63) is 94.0 Å². The van der Waals surface area contributed by atoms with Crippen LogP contribution in [0.3, 0.4) is 0 Å². The van der Waals surface area contributed by atoms with Crippen LogP contribution in [-0.2, 0) is 16.4 Å². The van der Waals surface area contributed by atoms with Gasteiger partial charge in [0, 0.05) is 11.3 Å². The second kappa shape index (κ2) is 9.54. The molecular formula is C24H25ClN2O3S. The van der Waals surface area contributed by atoms with E-state index in [9.17, 15) is 13.2 Å². The summed E-state index contributed by atoms with van der Waals surface area (Å²) in [6.07, 6.45) is 0.944. The summed E-state index contributed by atoms with van der Waals surface area (Å²) in [6.45, 7) is 5.83. The zero-order valence-corrected chi connectivity index (χ0v) is 19.2. The third-order valence-corrected chi connectivity index (χ3v) is 6.85. The molecule has 162 valence electrons. The van der Waals surface area contributed by atoms with Gasteiger partial charge in [-0.2, -0.15) is 0 Å². The highest BCUT2D eigenvalue weighted by molar-refractivity contribution is 7.92. The molecule has 0 aliphatic heterocycles. The van der Waals surface area contributed by atoms with Crippen LogP contribution < -0.4 is 10.0 Å². The van der Waals surface area contributed by atoms with Crippen LogP contribution in [0.1, 0.15) is 46.9 Å². The molecule has 0 saturated carbocycles. The zero-order chi connectivity index (χ0) is 22.6. The van der Waals surface area contributed by atoms with E-state index in [4.69, 9.17) is 11.6 Å². The molecule has 0 fully saturated rings. The van der Waals surface area contributed by atoms with Crippen molar-refractivity contribution in [2.75, 3.05) is 4.72 Å². The summed E-state index contributed by atoms with van der Waals surface area (Å²) >= 11 is 6.16. The summed E-state index contributed by atoms with van der Waals surface area (Å²) in [5.74, 6) is -0.379. The van der Waals surface area contributed by atoms with Crippen LogP contribution in [0.15, 0.2) is 71.6 Å². The number of benzene rings is 3. The first-order valence-corrected chi connectivity index (χ1v) is 11.8. The quantitative estimate of drug-likeness (QED) is 0.492. The number of aryl methyl sites for hydroxylation is 2. The second-order valence-electron chi connectivity index (χ2n) is 7.41. The zero-order valence-electron chi connectivity index (χ0n) is 17.6. The molecule has 0 radical (unpaired) electrons. The van der Waals surface area contributed by atoms with Gasteiger partial charge in [0.2, 0.25) is 0 Å². The van der Waals surface area contributed by atoms with E-state index in [-0.39, 0.29) is 27.4 Å². The molecule has 0 aromatic heterocycles.